The van der Waals surface area contributed by atoms with Crippen LogP contribution < -0.4 is 5.32 Å². The van der Waals surface area contributed by atoms with Gasteiger partial charge in [0.05, 0.1) is 37.1 Å². The number of nitrogens with zero attached hydrogens (tertiary/aromatic N) is 1. The van der Waals surface area contributed by atoms with Crippen molar-refractivity contribution in [3.63, 3.8) is 0 Å². The molecule has 5 rings (SSSR count). The number of benzene rings is 3. The Morgan fingerprint density at radius 2 is 1.56 bits per heavy atom. The topological polar surface area (TPSA) is 105 Å². The molecule has 2 N–H and O–H groups in total. The molecule has 0 radical (unpaired) electrons. The minimum absolute atomic E-state index is 0.0161. The molecule has 2 heterocycles. The number of carbonyl (C=O) groups excluding carboxylic acids is 3. The number of amides is 2. The highest BCUT2D eigenvalue weighted by Crippen LogP contribution is 2.29. The first-order chi connectivity index (χ1) is 22.0. The second kappa shape index (κ2) is 15.6. The second-order valence-electron chi connectivity index (χ2n) is 11.9. The molecule has 2 aliphatic heterocycles. The van der Waals surface area contributed by atoms with Crippen molar-refractivity contribution in [3.8, 4) is 0 Å². The molecule has 2 aliphatic rings. The lowest BCUT2D eigenvalue weighted by Gasteiger charge is -2.37. The zero-order valence-electron chi connectivity index (χ0n) is 25.7. The zero-order valence-corrected chi connectivity index (χ0v) is 25.7. The fourth-order valence-corrected chi connectivity index (χ4v) is 6.27. The molecule has 236 valence electrons. The van der Waals surface area contributed by atoms with Crippen molar-refractivity contribution in [3.05, 3.63) is 119 Å². The van der Waals surface area contributed by atoms with Gasteiger partial charge in [-0.25, -0.2) is 0 Å². The Hall–Kier alpha value is -4.27. The van der Waals surface area contributed by atoms with Crippen LogP contribution in [0.4, 0.5) is 0 Å². The lowest BCUT2D eigenvalue weighted by Crippen LogP contribution is -2.49. The summed E-state index contributed by atoms with van der Waals surface area (Å²) in [5.74, 6) is -1.94. The number of cyclic esters (lactones) is 1. The molecule has 0 bridgehead atoms. The van der Waals surface area contributed by atoms with Crippen molar-refractivity contribution in [2.75, 3.05) is 20.3 Å². The van der Waals surface area contributed by atoms with E-state index in [2.05, 4.69) is 5.32 Å². The van der Waals surface area contributed by atoms with Gasteiger partial charge in [-0.1, -0.05) is 97.1 Å². The molecule has 8 heteroatoms. The molecule has 3 aromatic carbocycles. The first-order valence-electron chi connectivity index (χ1n) is 15.7. The van der Waals surface area contributed by atoms with E-state index in [1.54, 1.807) is 4.90 Å². The van der Waals surface area contributed by atoms with E-state index in [9.17, 15) is 19.5 Å². The maximum absolute atomic E-state index is 13.9. The molecule has 0 aromatic heterocycles. The van der Waals surface area contributed by atoms with Crippen molar-refractivity contribution in [2.45, 2.75) is 56.8 Å². The number of rotatable bonds is 8. The average molecular weight is 611 g/mol. The van der Waals surface area contributed by atoms with Gasteiger partial charge in [0.15, 0.2) is 0 Å². The van der Waals surface area contributed by atoms with Gasteiger partial charge in [-0.05, 0) is 47.9 Å². The summed E-state index contributed by atoms with van der Waals surface area (Å²) in [6.45, 7) is 0.345. The molecule has 0 saturated carbocycles. The first kappa shape index (κ1) is 32.1. The van der Waals surface area contributed by atoms with Gasteiger partial charge in [-0.2, -0.15) is 0 Å². The predicted octanol–water partition coefficient (Wildman–Crippen LogP) is 4.56. The Kier molecular flexibility index (Phi) is 11.2. The summed E-state index contributed by atoms with van der Waals surface area (Å²) in [7, 11) is 1.54. The third-order valence-corrected chi connectivity index (χ3v) is 8.75. The van der Waals surface area contributed by atoms with Crippen LogP contribution >= 0.6 is 0 Å². The highest BCUT2D eigenvalue weighted by Gasteiger charge is 2.35. The van der Waals surface area contributed by atoms with Gasteiger partial charge in [0, 0.05) is 20.1 Å². The fraction of sp³-hybridized carbons (Fsp3) is 0.378. The Morgan fingerprint density at radius 3 is 2.24 bits per heavy atom. The number of ether oxygens (including phenoxy) is 2. The van der Waals surface area contributed by atoms with Crippen LogP contribution in [0, 0.1) is 11.8 Å². The number of aliphatic hydroxyl groups is 1. The molecule has 0 fully saturated rings. The van der Waals surface area contributed by atoms with Crippen LogP contribution in [0.2, 0.25) is 0 Å². The maximum Gasteiger partial charge on any atom is 0.310 e. The van der Waals surface area contributed by atoms with Crippen LogP contribution in [0.5, 0.6) is 0 Å². The van der Waals surface area contributed by atoms with Gasteiger partial charge in [0.2, 0.25) is 11.8 Å². The van der Waals surface area contributed by atoms with Crippen LogP contribution in [0.1, 0.15) is 47.6 Å². The minimum Gasteiger partial charge on any atom is -0.455 e. The summed E-state index contributed by atoms with van der Waals surface area (Å²) in [6, 6.07) is 26.1. The first-order valence-corrected chi connectivity index (χ1v) is 15.7. The van der Waals surface area contributed by atoms with Crippen LogP contribution in [-0.4, -0.2) is 60.2 Å². The molecule has 0 aliphatic carbocycles. The van der Waals surface area contributed by atoms with E-state index >= 15 is 0 Å². The van der Waals surface area contributed by atoms with Crippen molar-refractivity contribution in [1.29, 1.82) is 0 Å². The molecule has 0 saturated heterocycles. The minimum atomic E-state index is -0.794. The van der Waals surface area contributed by atoms with Crippen molar-refractivity contribution in [2.24, 2.45) is 11.8 Å². The van der Waals surface area contributed by atoms with Gasteiger partial charge in [0.25, 0.3) is 0 Å². The third kappa shape index (κ3) is 8.26. The highest BCUT2D eigenvalue weighted by atomic mass is 16.5. The van der Waals surface area contributed by atoms with E-state index in [1.807, 2.05) is 97.1 Å². The molecule has 8 nitrogen and oxygen atoms in total. The average Bonchev–Trinajstić information content (AvgIpc) is 3.07. The SMILES string of the molecule is COC[C@@H]1NC(=O)[C@@H](CC(=O)N2Cc3ccccc3C[C@H]2CO)CC=CC[C@@H](Cc2ccccc2)C(=O)O[C@H]1c1ccccc1. The van der Waals surface area contributed by atoms with Crippen molar-refractivity contribution in [1.82, 2.24) is 10.2 Å². The Labute approximate surface area is 265 Å². The molecule has 2 amide bonds. The Balaban J connectivity index is 1.42. The van der Waals surface area contributed by atoms with E-state index in [0.717, 1.165) is 22.3 Å². The van der Waals surface area contributed by atoms with Gasteiger partial charge in [-0.15, -0.1) is 0 Å². The van der Waals surface area contributed by atoms with E-state index in [1.165, 1.54) is 7.11 Å². The number of carbonyl (C=O) groups is 3. The standard InChI is InChI=1S/C37H42N2O6/c1-44-25-33-35(27-14-6-3-7-15-27)45-37(43)30(20-26-12-4-2-5-13-26)18-10-9-17-29(36(42)38-33)22-34(41)39-23-31-19-11-8-16-28(31)21-32(39)24-40/h2-16,19,29-30,32-33,35,40H,17-18,20-25H2,1H3,(H,38,42)/t29-,30+,32+,33+,35+/m1/s1. The number of hydrogen-bond donors (Lipinski definition) is 2. The maximum atomic E-state index is 13.9. The van der Waals surface area contributed by atoms with E-state index in [4.69, 9.17) is 9.47 Å². The summed E-state index contributed by atoms with van der Waals surface area (Å²) in [5.41, 5.74) is 3.95. The quantitative estimate of drug-likeness (QED) is 0.286. The number of hydrogen-bond acceptors (Lipinski definition) is 6. The number of nitrogens with one attached hydrogen (secondary N) is 1. The zero-order chi connectivity index (χ0) is 31.6. The smallest absolute Gasteiger partial charge is 0.310 e. The van der Waals surface area contributed by atoms with E-state index < -0.39 is 24.0 Å². The van der Waals surface area contributed by atoms with E-state index in [-0.39, 0.29) is 43.5 Å². The third-order valence-electron chi connectivity index (χ3n) is 8.75. The molecule has 0 spiro atoms. The van der Waals surface area contributed by atoms with Crippen molar-refractivity contribution >= 4 is 17.8 Å². The predicted molar refractivity (Wildman–Crippen MR) is 171 cm³/mol. The van der Waals surface area contributed by atoms with Crippen LogP contribution in [0.15, 0.2) is 97.1 Å². The van der Waals surface area contributed by atoms with Gasteiger partial charge >= 0.3 is 5.97 Å². The molecule has 0 unspecified atom stereocenters. The van der Waals surface area contributed by atoms with Gasteiger partial charge < -0.3 is 24.8 Å². The van der Waals surface area contributed by atoms with E-state index in [0.29, 0.717) is 32.2 Å². The normalized spacial score (nSPS) is 24.0. The number of esters is 1. The molecule has 5 atom stereocenters. The molecule has 45 heavy (non-hydrogen) atoms. The van der Waals surface area contributed by atoms with Crippen LogP contribution in [-0.2, 0) is 43.2 Å². The number of aliphatic hydroxyl groups excluding tert-OH is 1. The number of allylic oxidation sites excluding steroid dienone is 2. The molecular weight excluding hydrogens is 568 g/mol. The number of methoxy groups -OCH3 is 1. The lowest BCUT2D eigenvalue weighted by molar-refractivity contribution is -0.158. The summed E-state index contributed by atoms with van der Waals surface area (Å²) < 4.78 is 11.7. The lowest BCUT2D eigenvalue weighted by atomic mass is 9.91. The summed E-state index contributed by atoms with van der Waals surface area (Å²) in [6.07, 6.45) is 4.83. The van der Waals surface area contributed by atoms with Crippen LogP contribution in [0.25, 0.3) is 0 Å². The van der Waals surface area contributed by atoms with Crippen LogP contribution in [0.3, 0.4) is 0 Å². The molecular formula is C37H42N2O6. The summed E-state index contributed by atoms with van der Waals surface area (Å²) in [5, 5.41) is 13.2. The molecule has 3 aromatic rings. The second-order valence-corrected chi connectivity index (χ2v) is 11.9. The van der Waals surface area contributed by atoms with Crippen molar-refractivity contribution < 1.29 is 29.0 Å². The number of fused-ring (bicyclic) bond motifs is 1. The fourth-order valence-electron chi connectivity index (χ4n) is 6.27. The van der Waals surface area contributed by atoms with Gasteiger partial charge in [-0.3, -0.25) is 14.4 Å². The summed E-state index contributed by atoms with van der Waals surface area (Å²) in [4.78, 5) is 43.1. The Morgan fingerprint density at radius 1 is 0.911 bits per heavy atom. The Bertz CT molecular complexity index is 1460. The largest absolute Gasteiger partial charge is 0.455 e. The van der Waals surface area contributed by atoms with Gasteiger partial charge in [0.1, 0.15) is 6.10 Å². The highest BCUT2D eigenvalue weighted by molar-refractivity contribution is 5.86. The monoisotopic (exact) mass is 610 g/mol. The summed E-state index contributed by atoms with van der Waals surface area (Å²) >= 11 is 0.